The fourth-order valence-electron chi connectivity index (χ4n) is 1.31. The van der Waals surface area contributed by atoms with Crippen LogP contribution in [-0.4, -0.2) is 27.5 Å². The third-order valence-corrected chi connectivity index (χ3v) is 2.01. The first kappa shape index (κ1) is 11.2. The van der Waals surface area contributed by atoms with Crippen LogP contribution in [0.2, 0.25) is 0 Å². The molecule has 2 N–H and O–H groups in total. The Bertz CT molecular complexity index is 517. The summed E-state index contributed by atoms with van der Waals surface area (Å²) in [6.45, 7) is 2.39. The highest BCUT2D eigenvalue weighted by atomic mass is 16.5. The van der Waals surface area contributed by atoms with Crippen LogP contribution in [-0.2, 0) is 11.3 Å². The number of hydrogen-bond acceptors (Lipinski definition) is 6. The van der Waals surface area contributed by atoms with E-state index >= 15 is 0 Å². The minimum Gasteiger partial charge on any atom is -0.461 e. The molecule has 7 heteroatoms. The summed E-state index contributed by atoms with van der Waals surface area (Å²) in [5, 5.41) is 7.61. The molecular formula is C10H12N4O3. The maximum Gasteiger partial charge on any atom is 0.360 e. The Kier molecular flexibility index (Phi) is 3.08. The van der Waals surface area contributed by atoms with Crippen molar-refractivity contribution in [3.8, 4) is 0 Å². The van der Waals surface area contributed by atoms with Crippen molar-refractivity contribution in [2.75, 3.05) is 12.3 Å². The number of nitrogen functional groups attached to an aromatic ring is 1. The van der Waals surface area contributed by atoms with Gasteiger partial charge in [-0.3, -0.25) is 4.68 Å². The van der Waals surface area contributed by atoms with E-state index in [2.05, 4.69) is 10.3 Å². The standard InChI is InChI=1S/C10H12N4O3/c1-2-16-10(15)9-3-8(17-13-9)6-14-5-7(11)4-12-14/h3-5H,2,6,11H2,1H3. The van der Waals surface area contributed by atoms with Gasteiger partial charge in [0.1, 0.15) is 6.54 Å². The molecule has 0 saturated carbocycles. The Labute approximate surface area is 97.1 Å². The third-order valence-electron chi connectivity index (χ3n) is 2.01. The van der Waals surface area contributed by atoms with Gasteiger partial charge in [0, 0.05) is 12.3 Å². The molecule has 0 aliphatic rings. The second-order valence-electron chi connectivity index (χ2n) is 3.37. The molecule has 0 bridgehead atoms. The minimum atomic E-state index is -0.498. The SMILES string of the molecule is CCOC(=O)c1cc(Cn2cc(N)cn2)on1. The molecule has 0 unspecified atom stereocenters. The van der Waals surface area contributed by atoms with Gasteiger partial charge in [-0.1, -0.05) is 5.16 Å². The van der Waals surface area contributed by atoms with Gasteiger partial charge in [-0.05, 0) is 6.92 Å². The van der Waals surface area contributed by atoms with Gasteiger partial charge in [0.05, 0.1) is 18.5 Å². The van der Waals surface area contributed by atoms with Crippen molar-refractivity contribution in [3.05, 3.63) is 29.9 Å². The molecule has 0 amide bonds. The van der Waals surface area contributed by atoms with Gasteiger partial charge in [0.25, 0.3) is 0 Å². The lowest BCUT2D eigenvalue weighted by Crippen LogP contribution is -2.04. The first-order valence-corrected chi connectivity index (χ1v) is 5.09. The van der Waals surface area contributed by atoms with Gasteiger partial charge < -0.3 is 15.0 Å². The zero-order valence-electron chi connectivity index (χ0n) is 9.29. The molecule has 0 saturated heterocycles. The van der Waals surface area contributed by atoms with Gasteiger partial charge >= 0.3 is 5.97 Å². The lowest BCUT2D eigenvalue weighted by Gasteiger charge is -1.95. The van der Waals surface area contributed by atoms with Crippen LogP contribution in [0.15, 0.2) is 23.0 Å². The van der Waals surface area contributed by atoms with Crippen molar-refractivity contribution in [1.82, 2.24) is 14.9 Å². The first-order chi connectivity index (χ1) is 8.19. The third kappa shape index (κ3) is 2.63. The molecule has 0 atom stereocenters. The summed E-state index contributed by atoms with van der Waals surface area (Å²) < 4.78 is 11.4. The molecular weight excluding hydrogens is 224 g/mol. The molecule has 2 rings (SSSR count). The lowest BCUT2D eigenvalue weighted by molar-refractivity contribution is 0.0514. The number of carbonyl (C=O) groups excluding carboxylic acids is 1. The average molecular weight is 236 g/mol. The van der Waals surface area contributed by atoms with E-state index in [1.54, 1.807) is 17.8 Å². The van der Waals surface area contributed by atoms with Crippen LogP contribution in [0.25, 0.3) is 0 Å². The topological polar surface area (TPSA) is 96.2 Å². The molecule has 90 valence electrons. The molecule has 0 aliphatic heterocycles. The molecule has 2 heterocycles. The zero-order valence-corrected chi connectivity index (χ0v) is 9.29. The molecule has 0 spiro atoms. The van der Waals surface area contributed by atoms with Gasteiger partial charge in [-0.25, -0.2) is 4.79 Å². The average Bonchev–Trinajstić information content (AvgIpc) is 2.89. The molecule has 2 aromatic rings. The first-order valence-electron chi connectivity index (χ1n) is 5.09. The molecule has 2 aromatic heterocycles. The summed E-state index contributed by atoms with van der Waals surface area (Å²) in [6, 6.07) is 1.52. The molecule has 0 radical (unpaired) electrons. The summed E-state index contributed by atoms with van der Waals surface area (Å²) >= 11 is 0. The number of rotatable bonds is 4. The maximum atomic E-state index is 11.3. The van der Waals surface area contributed by atoms with Crippen molar-refractivity contribution in [3.63, 3.8) is 0 Å². The summed E-state index contributed by atoms with van der Waals surface area (Å²) in [7, 11) is 0. The van der Waals surface area contributed by atoms with Crippen LogP contribution >= 0.6 is 0 Å². The molecule has 7 nitrogen and oxygen atoms in total. The van der Waals surface area contributed by atoms with Crippen molar-refractivity contribution < 1.29 is 14.1 Å². The summed E-state index contributed by atoms with van der Waals surface area (Å²) in [6.07, 6.45) is 3.19. The Hall–Kier alpha value is -2.31. The Morgan fingerprint density at radius 2 is 2.47 bits per heavy atom. The van der Waals surface area contributed by atoms with E-state index in [9.17, 15) is 4.79 Å². The van der Waals surface area contributed by atoms with E-state index in [0.717, 1.165) is 0 Å². The number of esters is 1. The van der Waals surface area contributed by atoms with Crippen LogP contribution < -0.4 is 5.73 Å². The highest BCUT2D eigenvalue weighted by Crippen LogP contribution is 2.08. The van der Waals surface area contributed by atoms with E-state index in [-0.39, 0.29) is 5.69 Å². The van der Waals surface area contributed by atoms with Crippen LogP contribution in [0.4, 0.5) is 5.69 Å². The van der Waals surface area contributed by atoms with Crippen molar-refractivity contribution >= 4 is 11.7 Å². The monoisotopic (exact) mass is 236 g/mol. The number of anilines is 1. The largest absolute Gasteiger partial charge is 0.461 e. The molecule has 17 heavy (non-hydrogen) atoms. The van der Waals surface area contributed by atoms with Crippen molar-refractivity contribution in [1.29, 1.82) is 0 Å². The fraction of sp³-hybridized carbons (Fsp3) is 0.300. The predicted molar refractivity (Wildman–Crippen MR) is 58.2 cm³/mol. The number of ether oxygens (including phenoxy) is 1. The second-order valence-corrected chi connectivity index (χ2v) is 3.37. The molecule has 0 fully saturated rings. The van der Waals surface area contributed by atoms with Crippen molar-refractivity contribution in [2.45, 2.75) is 13.5 Å². The Morgan fingerprint density at radius 3 is 3.12 bits per heavy atom. The maximum absolute atomic E-state index is 11.3. The fourth-order valence-corrected chi connectivity index (χ4v) is 1.31. The summed E-state index contributed by atoms with van der Waals surface area (Å²) in [5.41, 5.74) is 6.24. The number of aromatic nitrogens is 3. The number of nitrogens with zero attached hydrogens (tertiary/aromatic N) is 3. The number of hydrogen-bond donors (Lipinski definition) is 1. The smallest absolute Gasteiger partial charge is 0.360 e. The minimum absolute atomic E-state index is 0.155. The second kappa shape index (κ2) is 4.69. The van der Waals surface area contributed by atoms with Crippen molar-refractivity contribution in [2.24, 2.45) is 0 Å². The van der Waals surface area contributed by atoms with E-state index in [4.69, 9.17) is 15.0 Å². The zero-order chi connectivity index (χ0) is 12.3. The van der Waals surface area contributed by atoms with E-state index < -0.39 is 5.97 Å². The highest BCUT2D eigenvalue weighted by molar-refractivity contribution is 5.87. The highest BCUT2D eigenvalue weighted by Gasteiger charge is 2.13. The Morgan fingerprint density at radius 1 is 1.65 bits per heavy atom. The van der Waals surface area contributed by atoms with Crippen LogP contribution in [0.1, 0.15) is 23.2 Å². The van der Waals surface area contributed by atoms with Gasteiger partial charge in [-0.2, -0.15) is 5.10 Å². The lowest BCUT2D eigenvalue weighted by atomic mass is 10.3. The number of carbonyl (C=O) groups is 1. The molecule has 0 aliphatic carbocycles. The van der Waals surface area contributed by atoms with Crippen LogP contribution in [0.3, 0.4) is 0 Å². The molecule has 0 aromatic carbocycles. The number of nitrogens with two attached hydrogens (primary N) is 1. The Balaban J connectivity index is 2.06. The van der Waals surface area contributed by atoms with Gasteiger partial charge in [0.2, 0.25) is 0 Å². The van der Waals surface area contributed by atoms with E-state index in [0.29, 0.717) is 24.6 Å². The van der Waals surface area contributed by atoms with Crippen LogP contribution in [0.5, 0.6) is 0 Å². The van der Waals surface area contributed by atoms with Crippen LogP contribution in [0, 0.1) is 0 Å². The quantitative estimate of drug-likeness (QED) is 0.784. The van der Waals surface area contributed by atoms with E-state index in [1.165, 1.54) is 12.3 Å². The van der Waals surface area contributed by atoms with Gasteiger partial charge in [0.15, 0.2) is 11.5 Å². The normalized spacial score (nSPS) is 10.4. The predicted octanol–water partition coefficient (Wildman–Crippen LogP) is 0.678. The van der Waals surface area contributed by atoms with Gasteiger partial charge in [-0.15, -0.1) is 0 Å². The van der Waals surface area contributed by atoms with E-state index in [1.807, 2.05) is 0 Å². The summed E-state index contributed by atoms with van der Waals surface area (Å²) in [5.74, 6) is 0.0126. The summed E-state index contributed by atoms with van der Waals surface area (Å²) in [4.78, 5) is 11.3.